The smallest absolute Gasteiger partial charge is 0.288 e. The number of amides is 3. The van der Waals surface area contributed by atoms with E-state index in [1.54, 1.807) is 12.1 Å². The van der Waals surface area contributed by atoms with Gasteiger partial charge in [-0.3, -0.25) is 19.3 Å². The third kappa shape index (κ3) is 4.08. The first-order chi connectivity index (χ1) is 14.4. The third-order valence-corrected chi connectivity index (χ3v) is 5.78. The number of hydrogen-bond acceptors (Lipinski definition) is 5. The summed E-state index contributed by atoms with van der Waals surface area (Å²) >= 11 is 0.333. The minimum atomic E-state index is -2.62. The Balaban J connectivity index is 1.53. The van der Waals surface area contributed by atoms with E-state index in [2.05, 4.69) is 5.32 Å². The topological polar surface area (TPSA) is 75.7 Å². The molecule has 2 aromatic rings. The molecule has 1 atom stereocenters. The quantitative estimate of drug-likeness (QED) is 0.551. The Kier molecular flexibility index (Phi) is 5.83. The van der Waals surface area contributed by atoms with Crippen LogP contribution in [-0.2, 0) is 4.74 Å². The van der Waals surface area contributed by atoms with E-state index in [4.69, 9.17) is 4.74 Å². The number of rotatable bonds is 6. The molecule has 2 aliphatic heterocycles. The molecule has 0 saturated carbocycles. The van der Waals surface area contributed by atoms with Crippen molar-refractivity contribution in [2.24, 2.45) is 0 Å². The Morgan fingerprint density at radius 3 is 2.67 bits per heavy atom. The largest absolute Gasteiger partial charge is 0.376 e. The standard InChI is InChI=1S/C21H18F2N2O4S/c22-21(23)30-17-6-2-1-5-16(17)24-18(26)12-7-8-14-15(10-12)20(28)25(19(14)27)11-13-4-3-9-29-13/h1-2,5-8,10,13,21H,3-4,9,11H2,(H,24,26). The first kappa shape index (κ1) is 20.5. The second-order valence-electron chi connectivity index (χ2n) is 6.95. The highest BCUT2D eigenvalue weighted by Crippen LogP contribution is 2.32. The first-order valence-electron chi connectivity index (χ1n) is 9.41. The van der Waals surface area contributed by atoms with Crippen LogP contribution in [0.15, 0.2) is 47.4 Å². The molecule has 156 valence electrons. The number of thioether (sulfide) groups is 1. The number of imide groups is 1. The average molecular weight is 432 g/mol. The molecule has 3 amide bonds. The van der Waals surface area contributed by atoms with Gasteiger partial charge in [0.15, 0.2) is 0 Å². The van der Waals surface area contributed by atoms with E-state index in [0.29, 0.717) is 18.4 Å². The van der Waals surface area contributed by atoms with Crippen molar-refractivity contribution in [1.29, 1.82) is 0 Å². The van der Waals surface area contributed by atoms with E-state index < -0.39 is 23.5 Å². The van der Waals surface area contributed by atoms with Crippen LogP contribution in [0.25, 0.3) is 0 Å². The Bertz CT molecular complexity index is 1010. The Morgan fingerprint density at radius 2 is 1.93 bits per heavy atom. The van der Waals surface area contributed by atoms with Crippen LogP contribution in [0, 0.1) is 0 Å². The maximum atomic E-state index is 12.7. The molecule has 0 spiro atoms. The van der Waals surface area contributed by atoms with Gasteiger partial charge in [-0.1, -0.05) is 23.9 Å². The van der Waals surface area contributed by atoms with E-state index in [1.165, 1.54) is 30.3 Å². The zero-order valence-corrected chi connectivity index (χ0v) is 16.6. The lowest BCUT2D eigenvalue weighted by molar-refractivity contribution is 0.0475. The molecule has 2 heterocycles. The first-order valence-corrected chi connectivity index (χ1v) is 10.3. The van der Waals surface area contributed by atoms with E-state index in [0.717, 1.165) is 17.7 Å². The number of fused-ring (bicyclic) bond motifs is 1. The Hall–Kier alpha value is -2.78. The van der Waals surface area contributed by atoms with Gasteiger partial charge in [0.1, 0.15) is 0 Å². The van der Waals surface area contributed by atoms with Gasteiger partial charge < -0.3 is 10.1 Å². The Labute approximate surface area is 175 Å². The fraction of sp³-hybridized carbons (Fsp3) is 0.286. The summed E-state index contributed by atoms with van der Waals surface area (Å²) in [6, 6.07) is 10.5. The molecule has 2 aromatic carbocycles. The SMILES string of the molecule is O=C(Nc1ccccc1SC(F)F)c1ccc2c(c1)C(=O)N(CC1CCCO1)C2=O. The van der Waals surface area contributed by atoms with Crippen LogP contribution in [0.4, 0.5) is 14.5 Å². The van der Waals surface area contributed by atoms with Crippen molar-refractivity contribution >= 4 is 35.2 Å². The number of nitrogens with one attached hydrogen (secondary N) is 1. The van der Waals surface area contributed by atoms with Gasteiger partial charge in [-0.15, -0.1) is 0 Å². The molecule has 0 aliphatic carbocycles. The molecule has 1 fully saturated rings. The molecule has 0 bridgehead atoms. The zero-order valence-electron chi connectivity index (χ0n) is 15.8. The monoisotopic (exact) mass is 432 g/mol. The van der Waals surface area contributed by atoms with Gasteiger partial charge in [0.05, 0.1) is 29.5 Å². The number of alkyl halides is 2. The predicted molar refractivity (Wildman–Crippen MR) is 107 cm³/mol. The molecular weight excluding hydrogens is 414 g/mol. The third-order valence-electron chi connectivity index (χ3n) is 4.99. The van der Waals surface area contributed by atoms with Gasteiger partial charge in [-0.25, -0.2) is 0 Å². The highest BCUT2D eigenvalue weighted by atomic mass is 32.2. The van der Waals surface area contributed by atoms with Gasteiger partial charge in [0.2, 0.25) is 0 Å². The summed E-state index contributed by atoms with van der Waals surface area (Å²) in [4.78, 5) is 39.4. The minimum Gasteiger partial charge on any atom is -0.376 e. The lowest BCUT2D eigenvalue weighted by Crippen LogP contribution is -2.36. The minimum absolute atomic E-state index is 0.154. The van der Waals surface area contributed by atoms with Crippen molar-refractivity contribution in [2.45, 2.75) is 29.6 Å². The lowest BCUT2D eigenvalue weighted by Gasteiger charge is -2.17. The lowest BCUT2D eigenvalue weighted by atomic mass is 10.1. The van der Waals surface area contributed by atoms with Crippen LogP contribution < -0.4 is 5.32 Å². The van der Waals surface area contributed by atoms with Crippen molar-refractivity contribution in [3.05, 3.63) is 59.2 Å². The van der Waals surface area contributed by atoms with Crippen LogP contribution in [0.1, 0.15) is 43.9 Å². The fourth-order valence-corrected chi connectivity index (χ4v) is 4.15. The van der Waals surface area contributed by atoms with Crippen molar-refractivity contribution < 1.29 is 27.9 Å². The average Bonchev–Trinajstić information content (AvgIpc) is 3.32. The van der Waals surface area contributed by atoms with E-state index in [1.807, 2.05) is 0 Å². The van der Waals surface area contributed by atoms with Gasteiger partial charge in [-0.05, 0) is 43.2 Å². The van der Waals surface area contributed by atoms with Crippen molar-refractivity contribution in [3.8, 4) is 0 Å². The van der Waals surface area contributed by atoms with Crippen LogP contribution in [0.5, 0.6) is 0 Å². The second-order valence-corrected chi connectivity index (χ2v) is 7.98. The van der Waals surface area contributed by atoms with Gasteiger partial charge >= 0.3 is 0 Å². The van der Waals surface area contributed by atoms with Gasteiger partial charge in [-0.2, -0.15) is 8.78 Å². The molecule has 1 N–H and O–H groups in total. The van der Waals surface area contributed by atoms with E-state index in [-0.39, 0.29) is 39.9 Å². The summed E-state index contributed by atoms with van der Waals surface area (Å²) in [5.41, 5.74) is 0.797. The van der Waals surface area contributed by atoms with Crippen LogP contribution >= 0.6 is 11.8 Å². The van der Waals surface area contributed by atoms with E-state index >= 15 is 0 Å². The zero-order chi connectivity index (χ0) is 21.3. The molecular formula is C21H18F2N2O4S. The molecule has 0 radical (unpaired) electrons. The summed E-state index contributed by atoms with van der Waals surface area (Å²) in [5.74, 6) is -4.05. The molecule has 6 nitrogen and oxygen atoms in total. The van der Waals surface area contributed by atoms with Crippen LogP contribution in [0.2, 0.25) is 0 Å². The van der Waals surface area contributed by atoms with Gasteiger partial charge in [0.25, 0.3) is 23.5 Å². The maximum absolute atomic E-state index is 12.7. The Morgan fingerprint density at radius 1 is 1.17 bits per heavy atom. The number of nitrogens with zero attached hydrogens (tertiary/aromatic N) is 1. The molecule has 30 heavy (non-hydrogen) atoms. The summed E-state index contributed by atoms with van der Waals surface area (Å²) in [6.07, 6.45) is 1.51. The number of benzene rings is 2. The molecule has 0 aromatic heterocycles. The molecule has 1 saturated heterocycles. The number of halogens is 2. The summed E-state index contributed by atoms with van der Waals surface area (Å²) in [5, 5.41) is 2.60. The number of ether oxygens (including phenoxy) is 1. The van der Waals surface area contributed by atoms with Gasteiger partial charge in [0, 0.05) is 17.1 Å². The number of anilines is 1. The highest BCUT2D eigenvalue weighted by Gasteiger charge is 2.38. The highest BCUT2D eigenvalue weighted by molar-refractivity contribution is 7.99. The number of carbonyl (C=O) groups excluding carboxylic acids is 3. The fourth-order valence-electron chi connectivity index (χ4n) is 3.55. The number of para-hydroxylation sites is 1. The van der Waals surface area contributed by atoms with Crippen molar-refractivity contribution in [2.75, 3.05) is 18.5 Å². The van der Waals surface area contributed by atoms with Crippen molar-refractivity contribution in [1.82, 2.24) is 4.90 Å². The molecule has 4 rings (SSSR count). The second kappa shape index (κ2) is 8.53. The van der Waals surface area contributed by atoms with Crippen LogP contribution in [-0.4, -0.2) is 47.6 Å². The molecule has 1 unspecified atom stereocenters. The number of carbonyl (C=O) groups is 3. The molecule has 9 heteroatoms. The van der Waals surface area contributed by atoms with Crippen LogP contribution in [0.3, 0.4) is 0 Å². The number of hydrogen-bond donors (Lipinski definition) is 1. The maximum Gasteiger partial charge on any atom is 0.288 e. The predicted octanol–water partition coefficient (Wildman–Crippen LogP) is 4.03. The molecule has 2 aliphatic rings. The summed E-state index contributed by atoms with van der Waals surface area (Å²) in [6.45, 7) is 0.801. The van der Waals surface area contributed by atoms with Crippen molar-refractivity contribution in [3.63, 3.8) is 0 Å². The summed E-state index contributed by atoms with van der Waals surface area (Å²) in [7, 11) is 0. The summed E-state index contributed by atoms with van der Waals surface area (Å²) < 4.78 is 31.0. The normalized spacial score (nSPS) is 18.2. The van der Waals surface area contributed by atoms with E-state index in [9.17, 15) is 23.2 Å².